The van der Waals surface area contributed by atoms with Gasteiger partial charge in [0.05, 0.1) is 5.34 Å². The molecule has 0 atom stereocenters. The van der Waals surface area contributed by atoms with E-state index in [9.17, 15) is 34.0 Å². The fraction of sp³-hybridized carbons (Fsp3) is 0.0794. The summed E-state index contributed by atoms with van der Waals surface area (Å²) >= 11 is 9.53. The maximum absolute atomic E-state index is 15.4. The van der Waals surface area contributed by atoms with Crippen LogP contribution in [0.4, 0.5) is 51.5 Å². The van der Waals surface area contributed by atoms with Gasteiger partial charge in [0.1, 0.15) is 26.2 Å². The minimum absolute atomic E-state index is 0. The van der Waals surface area contributed by atoms with Crippen molar-refractivity contribution in [1.82, 2.24) is 0 Å². The summed E-state index contributed by atoms with van der Waals surface area (Å²) in [6.07, 6.45) is 0. The van der Waals surface area contributed by atoms with Crippen LogP contribution in [0, 0.1) is 34.9 Å². The van der Waals surface area contributed by atoms with E-state index in [2.05, 4.69) is 60.7 Å². The first-order chi connectivity index (χ1) is 37.5. The SMILES string of the molecule is ClCCl.F[P-](F)(F)(F)(F)F.Fc1cc(-c2cc3ccccc3c3c2C[N+]2(Cc4ccc5ccccc5c4-c4c(ccc5ccccc45)C2)Cc2c(-c4cc(F)c(F)c(F)c4)cc4ccccc4c2-3)cc(F)c1F.O.O.O.O.c1ccccc1. The first-order valence-corrected chi connectivity index (χ1v) is 27.6. The number of fused-ring (bicyclic) bond motifs is 14. The zero-order valence-electron chi connectivity index (χ0n) is 43.2. The van der Waals surface area contributed by atoms with Gasteiger partial charge in [-0.3, -0.25) is 0 Å². The molecule has 0 aromatic heterocycles. The van der Waals surface area contributed by atoms with Crippen molar-refractivity contribution in [1.29, 1.82) is 0 Å². The Bertz CT molecular complexity index is 3880. The normalized spacial score (nSPS) is 13.4. The molecule has 0 bridgehead atoms. The van der Waals surface area contributed by atoms with Crippen molar-refractivity contribution in [3.63, 3.8) is 0 Å². The van der Waals surface area contributed by atoms with Crippen LogP contribution in [-0.4, -0.2) is 31.7 Å². The van der Waals surface area contributed by atoms with Crippen LogP contribution < -0.4 is 0 Å². The summed E-state index contributed by atoms with van der Waals surface area (Å²) in [7, 11) is -10.7. The number of alkyl halides is 2. The maximum atomic E-state index is 15.4. The van der Waals surface area contributed by atoms with Crippen LogP contribution in [0.5, 0.6) is 0 Å². The van der Waals surface area contributed by atoms with E-state index in [0.717, 1.165) is 112 Å². The molecule has 0 radical (unpaired) electrons. The molecule has 0 saturated heterocycles. The first kappa shape index (κ1) is 64.6. The maximum Gasteiger partial charge on any atom is 0.194 e. The van der Waals surface area contributed by atoms with Crippen molar-refractivity contribution in [2.75, 3.05) is 5.34 Å². The Hall–Kier alpha value is -7.57. The molecule has 5 nitrogen and oxygen atoms in total. The quantitative estimate of drug-likeness (QED) is 0.0537. The van der Waals surface area contributed by atoms with Crippen LogP contribution in [0.15, 0.2) is 194 Å². The minimum atomic E-state index is -10.7. The summed E-state index contributed by atoms with van der Waals surface area (Å²) in [6, 6.07) is 61.1. The van der Waals surface area contributed by atoms with E-state index in [4.69, 9.17) is 23.2 Å². The third-order valence-electron chi connectivity index (χ3n) is 14.1. The van der Waals surface area contributed by atoms with Gasteiger partial charge in [0.2, 0.25) is 0 Å². The number of halogens is 14. The van der Waals surface area contributed by atoms with E-state index in [1.54, 1.807) is 0 Å². The zero-order chi connectivity index (χ0) is 56.1. The van der Waals surface area contributed by atoms with E-state index in [1.165, 1.54) is 0 Å². The number of hydrogen-bond acceptors (Lipinski definition) is 0. The van der Waals surface area contributed by atoms with Crippen molar-refractivity contribution in [3.8, 4) is 44.5 Å². The number of quaternary nitrogens is 1. The molecule has 11 aromatic carbocycles. The fourth-order valence-electron chi connectivity index (χ4n) is 11.2. The molecule has 2 aliphatic rings. The Morgan fingerprint density at radius 2 is 0.602 bits per heavy atom. The van der Waals surface area contributed by atoms with Crippen molar-refractivity contribution < 1.29 is 77.9 Å². The molecule has 0 amide bonds. The van der Waals surface area contributed by atoms with E-state index in [0.29, 0.717) is 41.8 Å². The Morgan fingerprint density at radius 3 is 0.904 bits per heavy atom. The summed E-state index contributed by atoms with van der Waals surface area (Å²) < 4.78 is 151. The van der Waals surface area contributed by atoms with Gasteiger partial charge in [-0.15, -0.1) is 23.2 Å². The summed E-state index contributed by atoms with van der Waals surface area (Å²) in [5.74, 6) is -8.28. The molecule has 11 aromatic rings. The van der Waals surface area contributed by atoms with Gasteiger partial charge >= 0.3 is 33.0 Å². The van der Waals surface area contributed by atoms with Crippen LogP contribution >= 0.6 is 31.0 Å². The van der Waals surface area contributed by atoms with Gasteiger partial charge in [-0.1, -0.05) is 158 Å². The molecule has 1 spiro atoms. The van der Waals surface area contributed by atoms with Gasteiger partial charge in [0.15, 0.2) is 34.9 Å². The predicted octanol–water partition coefficient (Wildman–Crippen LogP) is 18.5. The minimum Gasteiger partial charge on any atom is -0.412 e. The van der Waals surface area contributed by atoms with Crippen LogP contribution in [0.2, 0.25) is 0 Å². The molecule has 0 unspecified atom stereocenters. The van der Waals surface area contributed by atoms with Crippen molar-refractivity contribution in [3.05, 3.63) is 251 Å². The molecule has 83 heavy (non-hydrogen) atoms. The third kappa shape index (κ3) is 13.8. The van der Waals surface area contributed by atoms with Crippen LogP contribution in [0.3, 0.4) is 0 Å². The zero-order valence-corrected chi connectivity index (χ0v) is 45.6. The molecule has 2 heterocycles. The average molecular weight is 1210 g/mol. The Balaban J connectivity index is 0.000000488. The third-order valence-corrected chi connectivity index (χ3v) is 14.1. The summed E-state index contributed by atoms with van der Waals surface area (Å²) in [6.45, 7) is 1.70. The Kier molecular flexibility index (Phi) is 18.9. The van der Waals surface area contributed by atoms with E-state index >= 15 is 17.6 Å². The van der Waals surface area contributed by atoms with Gasteiger partial charge in [0.25, 0.3) is 0 Å². The van der Waals surface area contributed by atoms with Gasteiger partial charge in [-0.2, -0.15) is 0 Å². The second-order valence-electron chi connectivity index (χ2n) is 19.3. The molecule has 13 rings (SSSR count). The number of hydrogen-bond donors (Lipinski definition) is 0. The molecule has 2 aliphatic heterocycles. The van der Waals surface area contributed by atoms with Gasteiger partial charge < -0.3 is 26.4 Å². The largest absolute Gasteiger partial charge is 0.412 e. The van der Waals surface area contributed by atoms with Crippen molar-refractivity contribution >= 4 is 74.1 Å². The van der Waals surface area contributed by atoms with Gasteiger partial charge in [0, 0.05) is 33.4 Å². The van der Waals surface area contributed by atoms with Crippen LogP contribution in [0.1, 0.15) is 22.3 Å². The molecule has 434 valence electrons. The molecule has 8 N–H and O–H groups in total. The average Bonchev–Trinajstić information content (AvgIpc) is 2.95. The number of nitrogens with zero attached hydrogens (tertiary/aromatic N) is 1. The summed E-state index contributed by atoms with van der Waals surface area (Å²) in [5, 5.41) is 7.91. The number of benzene rings is 11. The monoisotopic (exact) mass is 1210 g/mol. The van der Waals surface area contributed by atoms with Gasteiger partial charge in [-0.25, -0.2) is 26.3 Å². The topological polar surface area (TPSA) is 126 Å². The molecule has 0 aliphatic carbocycles. The standard InChI is InChI=1S/C56H34F6N.C6H6.CH2Cl2.F6P.4H2O/c57-47-23-37(24-48(58)55(47)61)43-21-33-11-3-7-15-41(33)53-45(43)29-63(30-46-44(38-25-49(59)56(62)50(60)26-38)22-34-12-4-8-16-42(34)54(46)53)27-35-19-17-31-9-1-5-13-39(31)51(35)52-36(28-63)20-18-32-10-2-6-14-40(32)52;1-2-4-6-5-3-1;2-1-3;1-7(2,3,4,5)6;;;;/h1-26H,27-30H2;1-6H;1H2;;4*1H2/q+1;;;-1;;;;. The molecular weight excluding hydrogens is 1160 g/mol. The molecule has 0 saturated carbocycles. The van der Waals surface area contributed by atoms with Crippen LogP contribution in [-0.2, 0) is 26.2 Å². The predicted molar refractivity (Wildman–Crippen MR) is 311 cm³/mol. The fourth-order valence-corrected chi connectivity index (χ4v) is 11.2. The number of rotatable bonds is 2. The molecule has 0 fully saturated rings. The second kappa shape index (κ2) is 24.3. The Labute approximate surface area is 477 Å². The van der Waals surface area contributed by atoms with Gasteiger partial charge in [-0.05, 0) is 113 Å². The second-order valence-corrected chi connectivity index (χ2v) is 22.1. The van der Waals surface area contributed by atoms with E-state index < -0.39 is 42.7 Å². The Morgan fingerprint density at radius 1 is 0.337 bits per heavy atom. The van der Waals surface area contributed by atoms with E-state index in [-0.39, 0.29) is 38.4 Å². The summed E-state index contributed by atoms with van der Waals surface area (Å²) in [4.78, 5) is 0. The molecule has 20 heteroatoms. The first-order valence-electron chi connectivity index (χ1n) is 24.5. The summed E-state index contributed by atoms with van der Waals surface area (Å²) in [5.41, 5.74) is 9.10. The smallest absolute Gasteiger partial charge is 0.194 e. The molecular formula is C63H50Cl2F12NO4P. The van der Waals surface area contributed by atoms with Crippen molar-refractivity contribution in [2.45, 2.75) is 26.2 Å². The van der Waals surface area contributed by atoms with Crippen LogP contribution in [0.25, 0.3) is 87.6 Å². The van der Waals surface area contributed by atoms with E-state index in [1.807, 2.05) is 109 Å². The van der Waals surface area contributed by atoms with Crippen molar-refractivity contribution in [2.24, 2.45) is 0 Å².